The molecule has 0 heterocycles. The van der Waals surface area contributed by atoms with Crippen LogP contribution in [-0.2, 0) is 0 Å². The predicted octanol–water partition coefficient (Wildman–Crippen LogP) is 4.68. The van der Waals surface area contributed by atoms with Gasteiger partial charge in [-0.1, -0.05) is 57.0 Å². The maximum atomic E-state index is 6.37. The van der Waals surface area contributed by atoms with Crippen LogP contribution in [0, 0.1) is 16.7 Å². The highest BCUT2D eigenvalue weighted by molar-refractivity contribution is 6.42. The van der Waals surface area contributed by atoms with Crippen LogP contribution in [0.2, 0.25) is 10.0 Å². The Labute approximate surface area is 113 Å². The van der Waals surface area contributed by atoms with Crippen molar-refractivity contribution in [2.45, 2.75) is 33.7 Å². The fourth-order valence-corrected chi connectivity index (χ4v) is 3.36. The van der Waals surface area contributed by atoms with Crippen molar-refractivity contribution in [2.75, 3.05) is 0 Å². The van der Waals surface area contributed by atoms with Crippen molar-refractivity contribution in [1.29, 1.82) is 0 Å². The second kappa shape index (κ2) is 3.88. The number of benzene rings is 1. The standard InChI is InChI=1S/C14H19Cl2N/c1-13(2)12(14(13,3)4)11(17)8-5-6-9(15)10(16)7-8/h5-7,11-12H,17H2,1-4H3. The first kappa shape index (κ1) is 13.2. The van der Waals surface area contributed by atoms with E-state index in [1.165, 1.54) is 0 Å². The lowest BCUT2D eigenvalue weighted by Crippen LogP contribution is -2.16. The summed E-state index contributed by atoms with van der Waals surface area (Å²) in [5.74, 6) is 0.479. The summed E-state index contributed by atoms with van der Waals surface area (Å²) in [6.45, 7) is 9.09. The van der Waals surface area contributed by atoms with Crippen molar-refractivity contribution in [3.63, 3.8) is 0 Å². The van der Waals surface area contributed by atoms with Gasteiger partial charge in [-0.2, -0.15) is 0 Å². The second-order valence-corrected chi connectivity index (χ2v) is 6.93. The molecule has 1 aromatic carbocycles. The zero-order chi connectivity index (χ0) is 13.0. The average molecular weight is 272 g/mol. The number of hydrogen-bond acceptors (Lipinski definition) is 1. The monoisotopic (exact) mass is 271 g/mol. The van der Waals surface area contributed by atoms with Crippen molar-refractivity contribution in [3.05, 3.63) is 33.8 Å². The van der Waals surface area contributed by atoms with Crippen LogP contribution in [0.15, 0.2) is 18.2 Å². The van der Waals surface area contributed by atoms with Gasteiger partial charge in [0.2, 0.25) is 0 Å². The third-order valence-electron chi connectivity index (χ3n) is 4.82. The molecule has 1 saturated carbocycles. The van der Waals surface area contributed by atoms with E-state index in [0.29, 0.717) is 16.0 Å². The summed E-state index contributed by atoms with van der Waals surface area (Å²) in [5, 5.41) is 1.16. The molecule has 1 aliphatic rings. The van der Waals surface area contributed by atoms with Crippen LogP contribution in [0.5, 0.6) is 0 Å². The van der Waals surface area contributed by atoms with Gasteiger partial charge in [0.1, 0.15) is 0 Å². The summed E-state index contributed by atoms with van der Waals surface area (Å²) in [6.07, 6.45) is 0. The molecule has 0 bridgehead atoms. The molecule has 2 rings (SSSR count). The summed E-state index contributed by atoms with van der Waals surface area (Å²) >= 11 is 12.0. The number of rotatable bonds is 2. The van der Waals surface area contributed by atoms with Gasteiger partial charge in [-0.3, -0.25) is 0 Å². The fraction of sp³-hybridized carbons (Fsp3) is 0.571. The maximum Gasteiger partial charge on any atom is 0.0595 e. The second-order valence-electron chi connectivity index (χ2n) is 6.12. The molecule has 1 aromatic rings. The number of hydrogen-bond donors (Lipinski definition) is 1. The first-order valence-corrected chi connectivity index (χ1v) is 6.65. The average Bonchev–Trinajstić information content (AvgIpc) is 2.61. The molecule has 3 heteroatoms. The number of halogens is 2. The van der Waals surface area contributed by atoms with E-state index in [9.17, 15) is 0 Å². The number of nitrogens with two attached hydrogens (primary N) is 1. The first-order valence-electron chi connectivity index (χ1n) is 5.90. The quantitative estimate of drug-likeness (QED) is 0.831. The highest BCUT2D eigenvalue weighted by atomic mass is 35.5. The molecule has 94 valence electrons. The molecule has 2 N–H and O–H groups in total. The van der Waals surface area contributed by atoms with Crippen molar-refractivity contribution in [2.24, 2.45) is 22.5 Å². The summed E-state index contributed by atoms with van der Waals surface area (Å²) in [4.78, 5) is 0. The smallest absolute Gasteiger partial charge is 0.0595 e. The first-order chi connectivity index (χ1) is 7.69. The Morgan fingerprint density at radius 3 is 2.00 bits per heavy atom. The van der Waals surface area contributed by atoms with Crippen LogP contribution >= 0.6 is 23.2 Å². The molecule has 17 heavy (non-hydrogen) atoms. The largest absolute Gasteiger partial charge is 0.324 e. The van der Waals surface area contributed by atoms with E-state index in [2.05, 4.69) is 27.7 Å². The van der Waals surface area contributed by atoms with E-state index in [1.54, 1.807) is 0 Å². The molecular weight excluding hydrogens is 253 g/mol. The van der Waals surface area contributed by atoms with Crippen LogP contribution in [0.4, 0.5) is 0 Å². The highest BCUT2D eigenvalue weighted by Gasteiger charge is 2.66. The molecule has 0 amide bonds. The summed E-state index contributed by atoms with van der Waals surface area (Å²) in [5.41, 5.74) is 7.99. The lowest BCUT2D eigenvalue weighted by molar-refractivity contribution is 0.457. The van der Waals surface area contributed by atoms with Crippen LogP contribution < -0.4 is 5.73 Å². The minimum Gasteiger partial charge on any atom is -0.324 e. The lowest BCUT2D eigenvalue weighted by atomic mass is 9.97. The Balaban J connectivity index is 2.28. The minimum absolute atomic E-state index is 0.0229. The van der Waals surface area contributed by atoms with Gasteiger partial charge in [-0.05, 0) is 34.4 Å². The molecule has 0 spiro atoms. The SMILES string of the molecule is CC1(C)C(C(N)c2ccc(Cl)c(Cl)c2)C1(C)C. The van der Waals surface area contributed by atoms with E-state index in [0.717, 1.165) is 5.56 Å². The topological polar surface area (TPSA) is 26.0 Å². The Bertz CT molecular complexity index is 438. The molecule has 1 nitrogen and oxygen atoms in total. The van der Waals surface area contributed by atoms with Gasteiger partial charge in [-0.25, -0.2) is 0 Å². The van der Waals surface area contributed by atoms with Crippen molar-refractivity contribution >= 4 is 23.2 Å². The van der Waals surface area contributed by atoms with E-state index in [-0.39, 0.29) is 16.9 Å². The van der Waals surface area contributed by atoms with Gasteiger partial charge >= 0.3 is 0 Å². The normalized spacial score (nSPS) is 23.5. The lowest BCUT2D eigenvalue weighted by Gasteiger charge is -2.15. The Kier molecular flexibility index (Phi) is 3.01. The zero-order valence-electron chi connectivity index (χ0n) is 10.7. The minimum atomic E-state index is 0.0229. The molecule has 0 saturated heterocycles. The molecule has 1 fully saturated rings. The van der Waals surface area contributed by atoms with Crippen molar-refractivity contribution in [3.8, 4) is 0 Å². The molecule has 1 atom stereocenters. The van der Waals surface area contributed by atoms with E-state index < -0.39 is 0 Å². The van der Waals surface area contributed by atoms with Gasteiger partial charge in [0, 0.05) is 6.04 Å². The Morgan fingerprint density at radius 1 is 1.06 bits per heavy atom. The molecular formula is C14H19Cl2N. The summed E-state index contributed by atoms with van der Waals surface area (Å²) in [7, 11) is 0. The predicted molar refractivity (Wildman–Crippen MR) is 74.4 cm³/mol. The maximum absolute atomic E-state index is 6.37. The van der Waals surface area contributed by atoms with Gasteiger partial charge in [0.05, 0.1) is 10.0 Å². The van der Waals surface area contributed by atoms with Gasteiger partial charge < -0.3 is 5.73 Å². The Morgan fingerprint density at radius 2 is 1.59 bits per heavy atom. The van der Waals surface area contributed by atoms with Crippen LogP contribution in [0.3, 0.4) is 0 Å². The van der Waals surface area contributed by atoms with Crippen LogP contribution in [0.25, 0.3) is 0 Å². The van der Waals surface area contributed by atoms with E-state index in [4.69, 9.17) is 28.9 Å². The summed E-state index contributed by atoms with van der Waals surface area (Å²) in [6, 6.07) is 5.71. The Hall–Kier alpha value is -0.240. The fourth-order valence-electron chi connectivity index (χ4n) is 3.06. The summed E-state index contributed by atoms with van der Waals surface area (Å²) < 4.78 is 0. The molecule has 1 unspecified atom stereocenters. The highest BCUT2D eigenvalue weighted by Crippen LogP contribution is 2.71. The van der Waals surface area contributed by atoms with Gasteiger partial charge in [0.15, 0.2) is 0 Å². The van der Waals surface area contributed by atoms with Crippen molar-refractivity contribution < 1.29 is 0 Å². The van der Waals surface area contributed by atoms with E-state index in [1.807, 2.05) is 18.2 Å². The molecule has 0 radical (unpaired) electrons. The molecule has 0 aromatic heterocycles. The third kappa shape index (κ3) is 1.89. The van der Waals surface area contributed by atoms with Crippen LogP contribution in [0.1, 0.15) is 39.3 Å². The van der Waals surface area contributed by atoms with Gasteiger partial charge in [-0.15, -0.1) is 0 Å². The van der Waals surface area contributed by atoms with Gasteiger partial charge in [0.25, 0.3) is 0 Å². The van der Waals surface area contributed by atoms with Crippen LogP contribution in [-0.4, -0.2) is 0 Å². The van der Waals surface area contributed by atoms with E-state index >= 15 is 0 Å². The van der Waals surface area contributed by atoms with Crippen molar-refractivity contribution in [1.82, 2.24) is 0 Å². The third-order valence-corrected chi connectivity index (χ3v) is 5.56. The zero-order valence-corrected chi connectivity index (χ0v) is 12.2. The molecule has 0 aliphatic heterocycles. The molecule has 1 aliphatic carbocycles.